The molecule has 0 radical (unpaired) electrons. The summed E-state index contributed by atoms with van der Waals surface area (Å²) in [5.41, 5.74) is 4.54. The van der Waals surface area contributed by atoms with Crippen LogP contribution >= 0.6 is 0 Å². The highest BCUT2D eigenvalue weighted by Crippen LogP contribution is 2.44. The molecule has 1 N–H and O–H groups in total. The van der Waals surface area contributed by atoms with Crippen molar-refractivity contribution in [3.8, 4) is 0 Å². The Morgan fingerprint density at radius 2 is 2.03 bits per heavy atom. The largest absolute Gasteiger partial charge is 0.466 e. The van der Waals surface area contributed by atoms with Gasteiger partial charge in [0.1, 0.15) is 6.04 Å². The van der Waals surface area contributed by atoms with Gasteiger partial charge in [-0.05, 0) is 30.0 Å². The maximum atomic E-state index is 12.8. The first-order valence-electron chi connectivity index (χ1n) is 9.63. The van der Waals surface area contributed by atoms with Crippen LogP contribution in [0.25, 0.3) is 10.9 Å². The molecular weight excluding hydrogens is 372 g/mol. The van der Waals surface area contributed by atoms with Crippen LogP contribution < -0.4 is 0 Å². The molecule has 3 aliphatic rings. The number of nitrogens with one attached hydrogen (secondary N) is 1. The monoisotopic (exact) mass is 392 g/mol. The number of ether oxygens (including phenoxy) is 2. The third-order valence-corrected chi connectivity index (χ3v) is 6.01. The van der Waals surface area contributed by atoms with Crippen LogP contribution in [0, 0.1) is 0 Å². The van der Waals surface area contributed by atoms with E-state index in [1.807, 2.05) is 30.3 Å². The number of fused-ring (bicyclic) bond motifs is 4. The number of aromatic nitrogens is 1. The third kappa shape index (κ3) is 2.68. The van der Waals surface area contributed by atoms with Crippen LogP contribution in [-0.4, -0.2) is 47.5 Å². The number of hydrogen-bond donors (Lipinski definition) is 1. The van der Waals surface area contributed by atoms with E-state index in [-0.39, 0.29) is 30.5 Å². The minimum absolute atomic E-state index is 0.201. The van der Waals surface area contributed by atoms with Crippen molar-refractivity contribution in [3.63, 3.8) is 0 Å². The summed E-state index contributed by atoms with van der Waals surface area (Å²) in [5, 5.41) is 1.06. The molecule has 1 aromatic heterocycles. The highest BCUT2D eigenvalue weighted by Gasteiger charge is 2.47. The molecule has 0 spiro atoms. The van der Waals surface area contributed by atoms with Crippen molar-refractivity contribution in [2.75, 3.05) is 13.7 Å². The molecule has 1 amide bonds. The fourth-order valence-corrected chi connectivity index (χ4v) is 4.65. The average Bonchev–Trinajstić information content (AvgIpc) is 3.13. The molecule has 1 aromatic carbocycles. The maximum absolute atomic E-state index is 12.8. The Morgan fingerprint density at radius 3 is 2.79 bits per heavy atom. The zero-order valence-electron chi connectivity index (χ0n) is 15.9. The van der Waals surface area contributed by atoms with E-state index in [9.17, 15) is 14.4 Å². The summed E-state index contributed by atoms with van der Waals surface area (Å²) in [6.45, 7) is -0.238. The molecule has 1 fully saturated rings. The van der Waals surface area contributed by atoms with E-state index in [0.29, 0.717) is 24.8 Å². The standard InChI is InChI=1S/C22H20N2O5/c1-28-21(26)13-8-6-12(7-9-13)20-19-15(14-4-2-3-5-16(14)23-19)10-17-22(27)29-11-18(25)24(17)20/h2-6,8,17,20,23H,7,9-11H2,1H3/t17-,20+/m0/s1. The molecular formula is C22H20N2O5. The van der Waals surface area contributed by atoms with Crippen LogP contribution in [0.4, 0.5) is 0 Å². The number of aromatic amines is 1. The first-order chi connectivity index (χ1) is 14.1. The van der Waals surface area contributed by atoms with E-state index in [1.54, 1.807) is 11.0 Å². The fraction of sp³-hybridized carbons (Fsp3) is 0.318. The Kier molecular flexibility index (Phi) is 4.04. The number of benzene rings is 1. The number of rotatable bonds is 2. The van der Waals surface area contributed by atoms with E-state index in [1.165, 1.54) is 7.11 Å². The van der Waals surface area contributed by atoms with Crippen molar-refractivity contribution in [3.05, 3.63) is 58.8 Å². The number of cyclic esters (lactones) is 1. The van der Waals surface area contributed by atoms with Crippen molar-refractivity contribution in [2.24, 2.45) is 0 Å². The summed E-state index contributed by atoms with van der Waals surface area (Å²) in [6, 6.07) is 6.92. The fourth-order valence-electron chi connectivity index (χ4n) is 4.65. The molecule has 7 nitrogen and oxygen atoms in total. The van der Waals surface area contributed by atoms with Gasteiger partial charge in [0.2, 0.25) is 0 Å². The lowest BCUT2D eigenvalue weighted by Crippen LogP contribution is -2.57. The van der Waals surface area contributed by atoms with E-state index >= 15 is 0 Å². The van der Waals surface area contributed by atoms with Crippen molar-refractivity contribution in [1.29, 1.82) is 0 Å². The van der Waals surface area contributed by atoms with Gasteiger partial charge in [0.15, 0.2) is 6.61 Å². The Labute approximate surface area is 167 Å². The number of para-hydroxylation sites is 1. The van der Waals surface area contributed by atoms with E-state index in [0.717, 1.165) is 27.7 Å². The molecule has 29 heavy (non-hydrogen) atoms. The summed E-state index contributed by atoms with van der Waals surface area (Å²) in [5.74, 6) is -0.911. The van der Waals surface area contributed by atoms with Crippen LogP contribution in [0.5, 0.6) is 0 Å². The lowest BCUT2D eigenvalue weighted by molar-refractivity contribution is -0.171. The number of carbonyl (C=O) groups is 3. The first kappa shape index (κ1) is 17.7. The number of nitrogens with zero attached hydrogens (tertiary/aromatic N) is 1. The molecule has 5 rings (SSSR count). The maximum Gasteiger partial charge on any atom is 0.333 e. The number of methoxy groups -OCH3 is 1. The molecule has 1 saturated heterocycles. The molecule has 0 saturated carbocycles. The summed E-state index contributed by atoms with van der Waals surface area (Å²) in [4.78, 5) is 42.3. The number of H-pyrrole nitrogens is 1. The smallest absolute Gasteiger partial charge is 0.333 e. The van der Waals surface area contributed by atoms with Gasteiger partial charge < -0.3 is 19.4 Å². The quantitative estimate of drug-likeness (QED) is 0.793. The molecule has 148 valence electrons. The second kappa shape index (κ2) is 6.62. The highest BCUT2D eigenvalue weighted by molar-refractivity contribution is 5.94. The number of morpholine rings is 1. The molecule has 0 unspecified atom stereocenters. The third-order valence-electron chi connectivity index (χ3n) is 6.01. The normalized spacial score (nSPS) is 23.7. The van der Waals surface area contributed by atoms with Gasteiger partial charge in [0.05, 0.1) is 13.2 Å². The van der Waals surface area contributed by atoms with Crippen LogP contribution in [0.3, 0.4) is 0 Å². The van der Waals surface area contributed by atoms with Crippen LogP contribution in [0.2, 0.25) is 0 Å². The molecule has 1 aliphatic carbocycles. The summed E-state index contributed by atoms with van der Waals surface area (Å²) >= 11 is 0. The van der Waals surface area contributed by atoms with Crippen LogP contribution in [0.15, 0.2) is 47.6 Å². The molecule has 2 atom stereocenters. The Balaban J connectivity index is 1.67. The average molecular weight is 392 g/mol. The number of hydrogen-bond acceptors (Lipinski definition) is 5. The van der Waals surface area contributed by atoms with Gasteiger partial charge >= 0.3 is 11.9 Å². The molecule has 0 bridgehead atoms. The second-order valence-corrected chi connectivity index (χ2v) is 7.52. The van der Waals surface area contributed by atoms with E-state index in [2.05, 4.69) is 4.98 Å². The van der Waals surface area contributed by atoms with Crippen molar-refractivity contribution >= 4 is 28.7 Å². The second-order valence-electron chi connectivity index (χ2n) is 7.52. The van der Waals surface area contributed by atoms with Crippen molar-refractivity contribution in [2.45, 2.75) is 31.3 Å². The first-order valence-corrected chi connectivity index (χ1v) is 9.63. The molecule has 2 aromatic rings. The van der Waals surface area contributed by atoms with Gasteiger partial charge in [-0.3, -0.25) is 4.79 Å². The number of amides is 1. The van der Waals surface area contributed by atoms with Crippen LogP contribution in [-0.2, 0) is 30.3 Å². The zero-order valence-corrected chi connectivity index (χ0v) is 15.9. The predicted octanol–water partition coefficient (Wildman–Crippen LogP) is 2.34. The summed E-state index contributed by atoms with van der Waals surface area (Å²) < 4.78 is 9.94. The van der Waals surface area contributed by atoms with Gasteiger partial charge in [0, 0.05) is 28.6 Å². The zero-order chi connectivity index (χ0) is 20.1. The van der Waals surface area contributed by atoms with E-state index in [4.69, 9.17) is 9.47 Å². The Morgan fingerprint density at radius 1 is 1.21 bits per heavy atom. The SMILES string of the molecule is COC(=O)C1=CC=C([C@@H]2c3[nH]c4ccccc4c3C[C@H]3C(=O)OCC(=O)N23)CC1. The van der Waals surface area contributed by atoms with Crippen LogP contribution in [0.1, 0.15) is 30.1 Å². The van der Waals surface area contributed by atoms with Gasteiger partial charge in [-0.1, -0.05) is 30.4 Å². The van der Waals surface area contributed by atoms with Gasteiger partial charge in [-0.25, -0.2) is 9.59 Å². The summed E-state index contributed by atoms with van der Waals surface area (Å²) in [7, 11) is 1.36. The lowest BCUT2D eigenvalue weighted by atomic mass is 9.83. The highest BCUT2D eigenvalue weighted by atomic mass is 16.5. The minimum atomic E-state index is -0.639. The molecule has 3 heterocycles. The molecule has 7 heteroatoms. The minimum Gasteiger partial charge on any atom is -0.466 e. The number of allylic oxidation sites excluding steroid dienone is 2. The van der Waals surface area contributed by atoms with E-state index < -0.39 is 6.04 Å². The topological polar surface area (TPSA) is 88.7 Å². The van der Waals surface area contributed by atoms with Gasteiger partial charge in [-0.2, -0.15) is 0 Å². The lowest BCUT2D eigenvalue weighted by Gasteiger charge is -2.44. The number of carbonyl (C=O) groups excluding carboxylic acids is 3. The van der Waals surface area contributed by atoms with Gasteiger partial charge in [-0.15, -0.1) is 0 Å². The van der Waals surface area contributed by atoms with Gasteiger partial charge in [0.25, 0.3) is 5.91 Å². The molecule has 2 aliphatic heterocycles. The predicted molar refractivity (Wildman–Crippen MR) is 104 cm³/mol. The summed E-state index contributed by atoms with van der Waals surface area (Å²) in [6.07, 6.45) is 5.19. The number of esters is 2. The van der Waals surface area contributed by atoms with Crippen molar-refractivity contribution < 1.29 is 23.9 Å². The Bertz CT molecular complexity index is 1110. The van der Waals surface area contributed by atoms with Crippen molar-refractivity contribution in [1.82, 2.24) is 9.88 Å². The Hall–Kier alpha value is -3.35.